The molecule has 1 aromatic rings. The first-order chi connectivity index (χ1) is 8.04. The molecule has 0 saturated heterocycles. The number of aliphatic hydroxyl groups is 1. The third kappa shape index (κ3) is 2.90. The van der Waals surface area contributed by atoms with Crippen LogP contribution in [0.1, 0.15) is 16.7 Å². The van der Waals surface area contributed by atoms with Crippen LogP contribution in [0, 0.1) is 13.8 Å². The molecule has 0 bridgehead atoms. The zero-order chi connectivity index (χ0) is 13.0. The molecule has 3 N–H and O–H groups in total. The second kappa shape index (κ2) is 5.89. The molecular formula is C13H21NO3. The van der Waals surface area contributed by atoms with Gasteiger partial charge in [0.2, 0.25) is 0 Å². The van der Waals surface area contributed by atoms with Gasteiger partial charge in [-0.3, -0.25) is 0 Å². The Hall–Kier alpha value is -1.26. The van der Waals surface area contributed by atoms with Crippen molar-refractivity contribution in [2.45, 2.75) is 26.3 Å². The van der Waals surface area contributed by atoms with E-state index >= 15 is 0 Å². The first-order valence-corrected chi connectivity index (χ1v) is 5.62. The van der Waals surface area contributed by atoms with Crippen LogP contribution in [0.2, 0.25) is 0 Å². The fraction of sp³-hybridized carbons (Fsp3) is 0.538. The van der Waals surface area contributed by atoms with Crippen LogP contribution < -0.4 is 15.2 Å². The Kier molecular flexibility index (Phi) is 4.78. The van der Waals surface area contributed by atoms with Crippen molar-refractivity contribution in [3.63, 3.8) is 0 Å². The molecule has 0 spiro atoms. The lowest BCUT2D eigenvalue weighted by Gasteiger charge is -2.18. The molecule has 0 amide bonds. The minimum atomic E-state index is -0.282. The van der Waals surface area contributed by atoms with E-state index in [1.807, 2.05) is 19.9 Å². The van der Waals surface area contributed by atoms with Crippen molar-refractivity contribution < 1.29 is 14.6 Å². The van der Waals surface area contributed by atoms with Crippen molar-refractivity contribution in [2.75, 3.05) is 20.8 Å². The number of ether oxygens (including phenoxy) is 2. The van der Waals surface area contributed by atoms with Crippen LogP contribution in [0.3, 0.4) is 0 Å². The SMILES string of the molecule is COc1cc(CC(N)CO)c(OC)c(C)c1C. The van der Waals surface area contributed by atoms with Crippen molar-refractivity contribution in [2.24, 2.45) is 5.73 Å². The van der Waals surface area contributed by atoms with Crippen molar-refractivity contribution >= 4 is 0 Å². The summed E-state index contributed by atoms with van der Waals surface area (Å²) in [6.07, 6.45) is 0.567. The molecule has 1 atom stereocenters. The highest BCUT2D eigenvalue weighted by Gasteiger charge is 2.15. The van der Waals surface area contributed by atoms with Gasteiger partial charge in [-0.25, -0.2) is 0 Å². The van der Waals surface area contributed by atoms with Gasteiger partial charge in [-0.15, -0.1) is 0 Å². The maximum absolute atomic E-state index is 9.01. The van der Waals surface area contributed by atoms with Gasteiger partial charge >= 0.3 is 0 Å². The molecule has 0 radical (unpaired) electrons. The molecule has 96 valence electrons. The van der Waals surface area contributed by atoms with E-state index in [-0.39, 0.29) is 12.6 Å². The minimum Gasteiger partial charge on any atom is -0.496 e. The minimum absolute atomic E-state index is 0.0433. The summed E-state index contributed by atoms with van der Waals surface area (Å²) in [5.41, 5.74) is 8.84. The van der Waals surface area contributed by atoms with Gasteiger partial charge < -0.3 is 20.3 Å². The summed E-state index contributed by atoms with van der Waals surface area (Å²) in [5.74, 6) is 1.65. The van der Waals surface area contributed by atoms with Gasteiger partial charge in [-0.2, -0.15) is 0 Å². The highest BCUT2D eigenvalue weighted by Crippen LogP contribution is 2.33. The number of aliphatic hydroxyl groups excluding tert-OH is 1. The smallest absolute Gasteiger partial charge is 0.125 e. The summed E-state index contributed by atoms with van der Waals surface area (Å²) in [7, 11) is 3.28. The monoisotopic (exact) mass is 239 g/mol. The number of hydrogen-bond donors (Lipinski definition) is 2. The standard InChI is InChI=1S/C13H21NO3/c1-8-9(2)13(17-4)10(5-11(14)7-15)6-12(8)16-3/h6,11,15H,5,7,14H2,1-4H3. The first-order valence-electron chi connectivity index (χ1n) is 5.62. The second-order valence-corrected chi connectivity index (χ2v) is 4.17. The van der Waals surface area contributed by atoms with E-state index in [1.54, 1.807) is 14.2 Å². The second-order valence-electron chi connectivity index (χ2n) is 4.17. The van der Waals surface area contributed by atoms with E-state index in [0.29, 0.717) is 6.42 Å². The van der Waals surface area contributed by atoms with Crippen LogP contribution in [0.4, 0.5) is 0 Å². The Labute approximate surface area is 102 Å². The van der Waals surface area contributed by atoms with Crippen molar-refractivity contribution in [1.82, 2.24) is 0 Å². The number of nitrogens with two attached hydrogens (primary N) is 1. The van der Waals surface area contributed by atoms with Crippen LogP contribution in [-0.2, 0) is 6.42 Å². The largest absolute Gasteiger partial charge is 0.496 e. The van der Waals surface area contributed by atoms with Gasteiger partial charge in [-0.05, 0) is 43.0 Å². The van der Waals surface area contributed by atoms with Gasteiger partial charge in [-0.1, -0.05) is 0 Å². The molecule has 1 unspecified atom stereocenters. The fourth-order valence-corrected chi connectivity index (χ4v) is 1.92. The predicted octanol–water partition coefficient (Wildman–Crippen LogP) is 1.18. The molecule has 0 saturated carbocycles. The molecule has 0 fully saturated rings. The summed E-state index contributed by atoms with van der Waals surface area (Å²) < 4.78 is 10.7. The van der Waals surface area contributed by atoms with Crippen molar-refractivity contribution in [3.05, 3.63) is 22.8 Å². The van der Waals surface area contributed by atoms with Gasteiger partial charge in [0.05, 0.1) is 20.8 Å². The van der Waals surface area contributed by atoms with Gasteiger partial charge in [0, 0.05) is 6.04 Å². The summed E-state index contributed by atoms with van der Waals surface area (Å²) in [6.45, 7) is 3.94. The molecule has 0 heterocycles. The average Bonchev–Trinajstić information content (AvgIpc) is 2.33. The normalized spacial score (nSPS) is 12.4. The molecule has 0 aromatic heterocycles. The highest BCUT2D eigenvalue weighted by molar-refractivity contribution is 5.52. The fourth-order valence-electron chi connectivity index (χ4n) is 1.92. The third-order valence-electron chi connectivity index (χ3n) is 3.01. The van der Waals surface area contributed by atoms with Crippen LogP contribution in [0.15, 0.2) is 6.07 Å². The van der Waals surface area contributed by atoms with Gasteiger partial charge in [0.1, 0.15) is 11.5 Å². The number of rotatable bonds is 5. The molecule has 0 aliphatic rings. The maximum atomic E-state index is 9.01. The van der Waals surface area contributed by atoms with E-state index in [9.17, 15) is 0 Å². The van der Waals surface area contributed by atoms with Crippen LogP contribution >= 0.6 is 0 Å². The van der Waals surface area contributed by atoms with Crippen molar-refractivity contribution in [3.8, 4) is 11.5 Å². The Bertz CT molecular complexity index is 391. The predicted molar refractivity (Wildman–Crippen MR) is 67.8 cm³/mol. The summed E-state index contributed by atoms with van der Waals surface area (Å²) in [4.78, 5) is 0. The molecule has 1 rings (SSSR count). The lowest BCUT2D eigenvalue weighted by molar-refractivity contribution is 0.264. The third-order valence-corrected chi connectivity index (χ3v) is 3.01. The Balaban J connectivity index is 3.22. The topological polar surface area (TPSA) is 64.7 Å². The number of methoxy groups -OCH3 is 2. The highest BCUT2D eigenvalue weighted by atomic mass is 16.5. The van der Waals surface area contributed by atoms with Crippen LogP contribution in [-0.4, -0.2) is 32.0 Å². The summed E-state index contributed by atoms with van der Waals surface area (Å²) >= 11 is 0. The lowest BCUT2D eigenvalue weighted by atomic mass is 9.98. The molecule has 1 aromatic carbocycles. The summed E-state index contributed by atoms with van der Waals surface area (Å²) in [6, 6.07) is 1.65. The Morgan fingerprint density at radius 1 is 1.24 bits per heavy atom. The van der Waals surface area contributed by atoms with Crippen molar-refractivity contribution in [1.29, 1.82) is 0 Å². The molecule has 17 heavy (non-hydrogen) atoms. The first kappa shape index (κ1) is 13.8. The van der Waals surface area contributed by atoms with Crippen LogP contribution in [0.25, 0.3) is 0 Å². The quantitative estimate of drug-likeness (QED) is 0.810. The van der Waals surface area contributed by atoms with Gasteiger partial charge in [0.15, 0.2) is 0 Å². The number of hydrogen-bond acceptors (Lipinski definition) is 4. The lowest BCUT2D eigenvalue weighted by Crippen LogP contribution is -2.27. The van der Waals surface area contributed by atoms with E-state index < -0.39 is 0 Å². The maximum Gasteiger partial charge on any atom is 0.125 e. The number of benzene rings is 1. The zero-order valence-electron chi connectivity index (χ0n) is 10.9. The molecule has 4 heteroatoms. The Morgan fingerprint density at radius 3 is 2.35 bits per heavy atom. The van der Waals surface area contributed by atoms with Crippen LogP contribution in [0.5, 0.6) is 11.5 Å². The Morgan fingerprint density at radius 2 is 1.88 bits per heavy atom. The van der Waals surface area contributed by atoms with E-state index in [2.05, 4.69) is 0 Å². The molecule has 0 aliphatic heterocycles. The molecule has 0 aliphatic carbocycles. The van der Waals surface area contributed by atoms with Gasteiger partial charge in [0.25, 0.3) is 0 Å². The zero-order valence-corrected chi connectivity index (χ0v) is 10.9. The van der Waals surface area contributed by atoms with E-state index in [4.69, 9.17) is 20.3 Å². The van der Waals surface area contributed by atoms with E-state index in [1.165, 1.54) is 0 Å². The van der Waals surface area contributed by atoms with E-state index in [0.717, 1.165) is 28.2 Å². The average molecular weight is 239 g/mol. The molecule has 4 nitrogen and oxygen atoms in total. The summed E-state index contributed by atoms with van der Waals surface area (Å²) in [5, 5.41) is 9.01. The molecular weight excluding hydrogens is 218 g/mol.